The largest absolute Gasteiger partial charge is 0.314 e. The van der Waals surface area contributed by atoms with Crippen LogP contribution in [0.1, 0.15) is 39.5 Å². The van der Waals surface area contributed by atoms with Crippen molar-refractivity contribution in [1.29, 1.82) is 0 Å². The fraction of sp³-hybridized carbons (Fsp3) is 1.00. The van der Waals surface area contributed by atoms with Crippen molar-refractivity contribution in [2.45, 2.75) is 51.6 Å². The maximum atomic E-state index is 3.63. The Kier molecular flexibility index (Phi) is 3.45. The number of hydrogen-bond donors (Lipinski definition) is 1. The molecule has 0 aromatic rings. The lowest BCUT2D eigenvalue weighted by Gasteiger charge is -2.29. The van der Waals surface area contributed by atoms with Crippen LogP contribution < -0.4 is 5.32 Å². The summed E-state index contributed by atoms with van der Waals surface area (Å²) in [7, 11) is 0. The van der Waals surface area contributed by atoms with Crippen molar-refractivity contribution < 1.29 is 0 Å². The van der Waals surface area contributed by atoms with E-state index in [1.165, 1.54) is 45.3 Å². The van der Waals surface area contributed by atoms with E-state index in [4.69, 9.17) is 0 Å². The molecule has 1 aliphatic carbocycles. The van der Waals surface area contributed by atoms with Crippen LogP contribution in [-0.4, -0.2) is 36.6 Å². The molecule has 2 atom stereocenters. The van der Waals surface area contributed by atoms with Crippen molar-refractivity contribution in [3.63, 3.8) is 0 Å². The van der Waals surface area contributed by atoms with Crippen LogP contribution in [-0.2, 0) is 0 Å². The molecular weight excluding hydrogens is 172 g/mol. The van der Waals surface area contributed by atoms with Crippen LogP contribution in [0.2, 0.25) is 0 Å². The van der Waals surface area contributed by atoms with E-state index >= 15 is 0 Å². The van der Waals surface area contributed by atoms with Crippen molar-refractivity contribution in [1.82, 2.24) is 10.2 Å². The summed E-state index contributed by atoms with van der Waals surface area (Å²) in [6, 6.07) is 1.63. The molecule has 2 aliphatic rings. The molecule has 2 fully saturated rings. The zero-order valence-corrected chi connectivity index (χ0v) is 9.63. The topological polar surface area (TPSA) is 15.3 Å². The Morgan fingerprint density at radius 2 is 1.86 bits per heavy atom. The van der Waals surface area contributed by atoms with Crippen LogP contribution in [0.15, 0.2) is 0 Å². The molecule has 1 heterocycles. The molecule has 0 aromatic heterocycles. The van der Waals surface area contributed by atoms with Gasteiger partial charge in [0.1, 0.15) is 0 Å². The fourth-order valence-electron chi connectivity index (χ4n) is 2.32. The van der Waals surface area contributed by atoms with Gasteiger partial charge in [-0.25, -0.2) is 0 Å². The van der Waals surface area contributed by atoms with E-state index in [1.54, 1.807) is 0 Å². The minimum Gasteiger partial charge on any atom is -0.314 e. The van der Waals surface area contributed by atoms with E-state index in [0.29, 0.717) is 0 Å². The summed E-state index contributed by atoms with van der Waals surface area (Å²) >= 11 is 0. The highest BCUT2D eigenvalue weighted by Gasteiger charge is 2.25. The van der Waals surface area contributed by atoms with Crippen LogP contribution in [0.5, 0.6) is 0 Å². The maximum Gasteiger partial charge on any atom is 0.0105 e. The van der Waals surface area contributed by atoms with Gasteiger partial charge in [0.15, 0.2) is 0 Å². The van der Waals surface area contributed by atoms with Gasteiger partial charge in [-0.05, 0) is 58.2 Å². The van der Waals surface area contributed by atoms with Gasteiger partial charge < -0.3 is 10.2 Å². The van der Waals surface area contributed by atoms with Crippen molar-refractivity contribution in [3.8, 4) is 0 Å². The molecule has 0 aromatic carbocycles. The number of hydrogen-bond acceptors (Lipinski definition) is 2. The second-order valence-corrected chi connectivity index (χ2v) is 5.14. The van der Waals surface area contributed by atoms with E-state index in [1.807, 2.05) is 0 Å². The predicted octanol–water partition coefficient (Wildman–Crippen LogP) is 1.86. The minimum atomic E-state index is 0.767. The highest BCUT2D eigenvalue weighted by molar-refractivity contribution is 4.84. The summed E-state index contributed by atoms with van der Waals surface area (Å²) < 4.78 is 0. The van der Waals surface area contributed by atoms with E-state index < -0.39 is 0 Å². The molecule has 1 saturated carbocycles. The summed E-state index contributed by atoms with van der Waals surface area (Å²) in [6.07, 6.45) is 5.63. The van der Waals surface area contributed by atoms with Gasteiger partial charge in [-0.2, -0.15) is 0 Å². The first-order valence-electron chi connectivity index (χ1n) is 6.25. The molecule has 14 heavy (non-hydrogen) atoms. The molecule has 0 radical (unpaired) electrons. The zero-order chi connectivity index (χ0) is 9.97. The van der Waals surface area contributed by atoms with Gasteiger partial charge in [0, 0.05) is 12.1 Å². The van der Waals surface area contributed by atoms with Crippen molar-refractivity contribution in [2.75, 3.05) is 19.6 Å². The Bertz CT molecular complexity index is 171. The molecular formula is C12H24N2. The lowest BCUT2D eigenvalue weighted by atomic mass is 10.0. The molecule has 0 amide bonds. The zero-order valence-electron chi connectivity index (χ0n) is 9.63. The van der Waals surface area contributed by atoms with Crippen LogP contribution in [0.25, 0.3) is 0 Å². The summed E-state index contributed by atoms with van der Waals surface area (Å²) in [5, 5.41) is 3.63. The average molecular weight is 196 g/mol. The fourth-order valence-corrected chi connectivity index (χ4v) is 2.32. The Balaban J connectivity index is 1.68. The smallest absolute Gasteiger partial charge is 0.0105 e. The standard InChI is InChI=1S/C12H24N2/c1-10(9-13-12-5-6-12)11(2)14-7-3-4-8-14/h10-13H,3-9H2,1-2H3. The Morgan fingerprint density at radius 3 is 2.43 bits per heavy atom. The van der Waals surface area contributed by atoms with Gasteiger partial charge >= 0.3 is 0 Å². The van der Waals surface area contributed by atoms with Crippen LogP contribution >= 0.6 is 0 Å². The van der Waals surface area contributed by atoms with Crippen LogP contribution in [0.3, 0.4) is 0 Å². The average Bonchev–Trinajstić information content (AvgIpc) is 2.86. The van der Waals surface area contributed by atoms with Gasteiger partial charge in [0.25, 0.3) is 0 Å². The second kappa shape index (κ2) is 4.63. The van der Waals surface area contributed by atoms with Crippen molar-refractivity contribution >= 4 is 0 Å². The SMILES string of the molecule is CC(CNC1CC1)C(C)N1CCCC1. The van der Waals surface area contributed by atoms with Gasteiger partial charge in [-0.15, -0.1) is 0 Å². The Labute approximate surface area is 88.1 Å². The number of nitrogens with one attached hydrogen (secondary N) is 1. The molecule has 1 saturated heterocycles. The van der Waals surface area contributed by atoms with Gasteiger partial charge in [-0.1, -0.05) is 6.92 Å². The third-order valence-electron chi connectivity index (χ3n) is 3.85. The molecule has 82 valence electrons. The number of likely N-dealkylation sites (tertiary alicyclic amines) is 1. The predicted molar refractivity (Wildman–Crippen MR) is 60.5 cm³/mol. The molecule has 2 nitrogen and oxygen atoms in total. The lowest BCUT2D eigenvalue weighted by Crippen LogP contribution is -2.40. The Morgan fingerprint density at radius 1 is 1.21 bits per heavy atom. The van der Waals surface area contributed by atoms with E-state index in [9.17, 15) is 0 Å². The lowest BCUT2D eigenvalue weighted by molar-refractivity contribution is 0.195. The first kappa shape index (κ1) is 10.4. The monoisotopic (exact) mass is 196 g/mol. The molecule has 2 rings (SSSR count). The summed E-state index contributed by atoms with van der Waals surface area (Å²) in [5.74, 6) is 0.800. The highest BCUT2D eigenvalue weighted by atomic mass is 15.2. The van der Waals surface area contributed by atoms with Crippen LogP contribution in [0.4, 0.5) is 0 Å². The third-order valence-corrected chi connectivity index (χ3v) is 3.85. The summed E-state index contributed by atoms with van der Waals surface area (Å²) in [4.78, 5) is 2.65. The molecule has 1 N–H and O–H groups in total. The first-order valence-corrected chi connectivity index (χ1v) is 6.25. The van der Waals surface area contributed by atoms with E-state index in [0.717, 1.165) is 18.0 Å². The maximum absolute atomic E-state index is 3.63. The number of rotatable bonds is 5. The molecule has 0 spiro atoms. The first-order chi connectivity index (χ1) is 6.77. The minimum absolute atomic E-state index is 0.767. The molecule has 0 bridgehead atoms. The highest BCUT2D eigenvalue weighted by Crippen LogP contribution is 2.21. The van der Waals surface area contributed by atoms with Gasteiger partial charge in [-0.3, -0.25) is 0 Å². The summed E-state index contributed by atoms with van der Waals surface area (Å²) in [6.45, 7) is 8.65. The second-order valence-electron chi connectivity index (χ2n) is 5.14. The van der Waals surface area contributed by atoms with E-state index in [2.05, 4.69) is 24.1 Å². The van der Waals surface area contributed by atoms with Gasteiger partial charge in [0.2, 0.25) is 0 Å². The third kappa shape index (κ3) is 2.71. The van der Waals surface area contributed by atoms with E-state index in [-0.39, 0.29) is 0 Å². The molecule has 2 unspecified atom stereocenters. The number of nitrogens with zero attached hydrogens (tertiary/aromatic N) is 1. The van der Waals surface area contributed by atoms with Crippen molar-refractivity contribution in [2.24, 2.45) is 5.92 Å². The summed E-state index contributed by atoms with van der Waals surface area (Å²) in [5.41, 5.74) is 0. The van der Waals surface area contributed by atoms with Crippen molar-refractivity contribution in [3.05, 3.63) is 0 Å². The molecule has 2 heteroatoms. The van der Waals surface area contributed by atoms with Crippen LogP contribution in [0, 0.1) is 5.92 Å². The quantitative estimate of drug-likeness (QED) is 0.722. The normalized spacial score (nSPS) is 27.9. The Hall–Kier alpha value is -0.0800. The molecule has 1 aliphatic heterocycles. The van der Waals surface area contributed by atoms with Gasteiger partial charge in [0.05, 0.1) is 0 Å².